The molecule has 1 aliphatic heterocycles. The van der Waals surface area contributed by atoms with Gasteiger partial charge in [-0.25, -0.2) is 0 Å². The van der Waals surface area contributed by atoms with Gasteiger partial charge in [-0.1, -0.05) is 41.9 Å². The molecule has 2 heterocycles. The molecule has 2 aromatic carbocycles. The third kappa shape index (κ3) is 4.75. The molecule has 6 nitrogen and oxygen atoms in total. The second-order valence-corrected chi connectivity index (χ2v) is 9.83. The van der Waals surface area contributed by atoms with Crippen molar-refractivity contribution in [3.8, 4) is 0 Å². The van der Waals surface area contributed by atoms with Crippen LogP contribution in [0.4, 0.5) is 0 Å². The first-order valence-corrected chi connectivity index (χ1v) is 12.1. The van der Waals surface area contributed by atoms with Gasteiger partial charge >= 0.3 is 5.97 Å². The van der Waals surface area contributed by atoms with Gasteiger partial charge in [-0.3, -0.25) is 14.4 Å². The number of nitrogens with zero attached hydrogens (tertiary/aromatic N) is 2. The summed E-state index contributed by atoms with van der Waals surface area (Å²) in [5.74, 6) is -1.23. The van der Waals surface area contributed by atoms with Crippen LogP contribution in [-0.2, 0) is 16.1 Å². The Morgan fingerprint density at radius 3 is 2.67 bits per heavy atom. The molecule has 1 saturated heterocycles. The van der Waals surface area contributed by atoms with Crippen LogP contribution < -0.4 is 0 Å². The summed E-state index contributed by atoms with van der Waals surface area (Å²) in [5, 5.41) is 12.4. The molecule has 3 aromatic rings. The van der Waals surface area contributed by atoms with E-state index in [9.17, 15) is 14.4 Å². The van der Waals surface area contributed by atoms with Gasteiger partial charge in [0.1, 0.15) is 5.54 Å². The van der Waals surface area contributed by atoms with Crippen LogP contribution in [0.2, 0.25) is 5.02 Å². The first-order valence-electron chi connectivity index (χ1n) is 10.8. The van der Waals surface area contributed by atoms with Crippen molar-refractivity contribution in [3.63, 3.8) is 0 Å². The number of halogens is 1. The molecule has 0 spiro atoms. The monoisotopic (exact) mass is 485 g/mol. The van der Waals surface area contributed by atoms with E-state index in [2.05, 4.69) is 0 Å². The van der Waals surface area contributed by atoms with E-state index in [-0.39, 0.29) is 24.8 Å². The summed E-state index contributed by atoms with van der Waals surface area (Å²) >= 11 is 7.63. The van der Waals surface area contributed by atoms with Crippen LogP contribution in [0.5, 0.6) is 0 Å². The number of carboxylic acid groups (broad SMARTS) is 1. The molecular weight excluding hydrogens is 461 g/mol. The van der Waals surface area contributed by atoms with Crippen molar-refractivity contribution in [2.45, 2.75) is 38.3 Å². The summed E-state index contributed by atoms with van der Waals surface area (Å²) in [4.78, 5) is 41.5. The number of rotatable bonds is 8. The molecule has 8 heteroatoms. The lowest BCUT2D eigenvalue weighted by molar-refractivity contribution is -0.150. The number of carbonyl (C=O) groups excluding carboxylic acids is 2. The number of aliphatic carboxylic acids is 1. The highest BCUT2D eigenvalue weighted by Crippen LogP contribution is 2.37. The van der Waals surface area contributed by atoms with Crippen molar-refractivity contribution in [1.82, 2.24) is 9.80 Å². The van der Waals surface area contributed by atoms with Gasteiger partial charge in [-0.2, -0.15) is 0 Å². The average Bonchev–Trinajstić information content (AvgIpc) is 3.21. The van der Waals surface area contributed by atoms with Gasteiger partial charge in [-0.05, 0) is 43.5 Å². The lowest BCUT2D eigenvalue weighted by Crippen LogP contribution is -2.67. The fourth-order valence-corrected chi connectivity index (χ4v) is 5.41. The van der Waals surface area contributed by atoms with Crippen molar-refractivity contribution in [2.24, 2.45) is 0 Å². The maximum Gasteiger partial charge on any atom is 0.303 e. The molecule has 1 N–H and O–H groups in total. The summed E-state index contributed by atoms with van der Waals surface area (Å²) in [7, 11) is 0. The number of amides is 2. The maximum atomic E-state index is 13.7. The van der Waals surface area contributed by atoms with Crippen LogP contribution in [0.1, 0.15) is 42.1 Å². The highest BCUT2D eigenvalue weighted by molar-refractivity contribution is 7.17. The fourth-order valence-electron chi connectivity index (χ4n) is 4.27. The molecule has 0 saturated carbocycles. The predicted octanol–water partition coefficient (Wildman–Crippen LogP) is 5.05. The van der Waals surface area contributed by atoms with Crippen LogP contribution in [0.25, 0.3) is 10.1 Å². The zero-order chi connectivity index (χ0) is 23.6. The highest BCUT2D eigenvalue weighted by Gasteiger charge is 2.51. The Bertz CT molecular complexity index is 1210. The zero-order valence-electron chi connectivity index (χ0n) is 18.3. The number of benzene rings is 2. The van der Waals surface area contributed by atoms with E-state index in [1.54, 1.807) is 28.9 Å². The summed E-state index contributed by atoms with van der Waals surface area (Å²) in [6.45, 7) is 2.90. The Balaban J connectivity index is 1.57. The number of thiophene rings is 1. The van der Waals surface area contributed by atoms with E-state index in [1.165, 1.54) is 11.3 Å². The van der Waals surface area contributed by atoms with E-state index >= 15 is 0 Å². The predicted molar refractivity (Wildman–Crippen MR) is 130 cm³/mol. The first-order chi connectivity index (χ1) is 15.8. The molecule has 172 valence electrons. The Kier molecular flexibility index (Phi) is 6.72. The third-order valence-electron chi connectivity index (χ3n) is 6.20. The SMILES string of the molecule is C[C@]1(C(=O)N(CCC[13C](=O)O)Cc2cccc(Cl)c2)CCN1C(=O)c1csc2ccccc12. The molecule has 2 amide bonds. The second kappa shape index (κ2) is 9.53. The Morgan fingerprint density at radius 1 is 1.18 bits per heavy atom. The quantitative estimate of drug-likeness (QED) is 0.453. The van der Waals surface area contributed by atoms with E-state index in [0.29, 0.717) is 36.5 Å². The van der Waals surface area contributed by atoms with E-state index in [1.807, 2.05) is 41.8 Å². The van der Waals surface area contributed by atoms with Crippen LogP contribution in [0.15, 0.2) is 53.9 Å². The molecule has 1 aromatic heterocycles. The Hall–Kier alpha value is -2.90. The van der Waals surface area contributed by atoms with Crippen LogP contribution in [0, 0.1) is 0 Å². The Morgan fingerprint density at radius 2 is 1.97 bits per heavy atom. The summed E-state index contributed by atoms with van der Waals surface area (Å²) in [6, 6.07) is 15.0. The minimum atomic E-state index is -0.970. The second-order valence-electron chi connectivity index (χ2n) is 8.48. The van der Waals surface area contributed by atoms with E-state index in [4.69, 9.17) is 16.7 Å². The molecule has 1 fully saturated rings. The van der Waals surface area contributed by atoms with Gasteiger partial charge in [0.15, 0.2) is 0 Å². The summed E-state index contributed by atoms with van der Waals surface area (Å²) < 4.78 is 1.03. The minimum absolute atomic E-state index is 0.0282. The van der Waals surface area contributed by atoms with Gasteiger partial charge < -0.3 is 14.9 Å². The Labute approximate surface area is 201 Å². The van der Waals surface area contributed by atoms with Crippen LogP contribution in [-0.4, -0.2) is 51.3 Å². The topological polar surface area (TPSA) is 77.9 Å². The van der Waals surface area contributed by atoms with Gasteiger partial charge in [-0.15, -0.1) is 11.3 Å². The standard InChI is InChI=1S/C25H25ClN2O4S/c1-25(11-13-28(25)23(31)20-16-33-21-9-3-2-8-19(20)21)24(32)27(12-5-10-22(29)30)15-17-6-4-7-18(26)14-17/h2-4,6-9,14,16H,5,10-13,15H2,1H3,(H,29,30)/t25-/m1/s1/i22+1. The number of carboxylic acids is 1. The fraction of sp³-hybridized carbons (Fsp3) is 0.320. The zero-order valence-corrected chi connectivity index (χ0v) is 19.9. The first kappa shape index (κ1) is 23.3. The molecule has 1 atom stereocenters. The number of carbonyl (C=O) groups is 3. The van der Waals surface area contributed by atoms with Gasteiger partial charge in [0.25, 0.3) is 5.91 Å². The van der Waals surface area contributed by atoms with Crippen molar-refractivity contribution in [3.05, 3.63) is 70.1 Å². The maximum absolute atomic E-state index is 13.7. The molecule has 1 aliphatic rings. The van der Waals surface area contributed by atoms with E-state index in [0.717, 1.165) is 15.6 Å². The molecule has 0 unspecified atom stereocenters. The smallest absolute Gasteiger partial charge is 0.303 e. The van der Waals surface area contributed by atoms with Crippen LogP contribution >= 0.6 is 22.9 Å². The van der Waals surface area contributed by atoms with Crippen molar-refractivity contribution < 1.29 is 19.5 Å². The normalized spacial score (nSPS) is 17.6. The summed E-state index contributed by atoms with van der Waals surface area (Å²) in [5.41, 5.74) is 0.499. The number of hydrogen-bond donors (Lipinski definition) is 1. The summed E-state index contributed by atoms with van der Waals surface area (Å²) in [6.07, 6.45) is 0.866. The molecule has 0 bridgehead atoms. The van der Waals surface area contributed by atoms with Gasteiger partial charge in [0.2, 0.25) is 5.91 Å². The number of likely N-dealkylation sites (tertiary alicyclic amines) is 1. The molecule has 33 heavy (non-hydrogen) atoms. The number of hydrogen-bond acceptors (Lipinski definition) is 4. The molecular formula is C25H25ClN2O4S. The van der Waals surface area contributed by atoms with Crippen molar-refractivity contribution in [2.75, 3.05) is 13.1 Å². The van der Waals surface area contributed by atoms with Crippen molar-refractivity contribution >= 4 is 50.8 Å². The van der Waals surface area contributed by atoms with E-state index < -0.39 is 11.5 Å². The highest BCUT2D eigenvalue weighted by atomic mass is 35.5. The van der Waals surface area contributed by atoms with Crippen molar-refractivity contribution in [1.29, 1.82) is 0 Å². The average molecular weight is 486 g/mol. The van der Waals surface area contributed by atoms with Gasteiger partial charge in [0.05, 0.1) is 5.56 Å². The molecule has 0 radical (unpaired) electrons. The minimum Gasteiger partial charge on any atom is -0.481 e. The molecule has 4 rings (SSSR count). The van der Waals surface area contributed by atoms with Gasteiger partial charge in [0, 0.05) is 46.5 Å². The van der Waals surface area contributed by atoms with Crippen LogP contribution in [0.3, 0.4) is 0 Å². The lowest BCUT2D eigenvalue weighted by atomic mass is 9.84. The largest absolute Gasteiger partial charge is 0.481 e. The lowest BCUT2D eigenvalue weighted by Gasteiger charge is -2.51. The number of fused-ring (bicyclic) bond motifs is 1. The molecule has 0 aliphatic carbocycles. The third-order valence-corrected chi connectivity index (χ3v) is 7.40.